The molecule has 10 nitrogen and oxygen atoms in total. The van der Waals surface area contributed by atoms with E-state index in [0.717, 1.165) is 52.2 Å². The molecule has 2 aromatic heterocycles. The normalized spacial score (nSPS) is 28.7. The lowest BCUT2D eigenvalue weighted by atomic mass is 9.90. The van der Waals surface area contributed by atoms with E-state index in [2.05, 4.69) is 10.7 Å². The number of benzene rings is 1. The Hall–Kier alpha value is -3.99. The number of fused-ring (bicyclic) bond motifs is 3. The van der Waals surface area contributed by atoms with Crippen LogP contribution in [-0.4, -0.2) is 70.1 Å². The van der Waals surface area contributed by atoms with Crippen LogP contribution in [0.25, 0.3) is 22.3 Å². The summed E-state index contributed by atoms with van der Waals surface area (Å²) in [4.78, 5) is 52.0. The Balaban J connectivity index is 1.21. The number of hydrogen-bond donors (Lipinski definition) is 2. The van der Waals surface area contributed by atoms with Crippen molar-refractivity contribution in [1.82, 2.24) is 20.2 Å². The monoisotopic (exact) mass is 686 g/mol. The van der Waals surface area contributed by atoms with Crippen molar-refractivity contribution >= 4 is 40.0 Å². The molecule has 3 aliphatic carbocycles. The third-order valence-electron chi connectivity index (χ3n) is 11.2. The fraction of sp³-hybridized carbons (Fsp3) is 0.553. The maximum Gasteiger partial charge on any atom is 0.330 e. The number of nitrogens with zero attached hydrogens (tertiary/aromatic N) is 3. The van der Waals surface area contributed by atoms with Gasteiger partial charge in [-0.15, -0.1) is 11.3 Å². The first-order valence-corrected chi connectivity index (χ1v) is 18.6. The molecule has 1 unspecified atom stereocenters. The molecule has 0 spiro atoms. The van der Waals surface area contributed by atoms with E-state index in [4.69, 9.17) is 19.4 Å². The lowest BCUT2D eigenvalue weighted by molar-refractivity contribution is -0.145. The van der Waals surface area contributed by atoms with Crippen molar-refractivity contribution in [1.29, 1.82) is 0 Å². The number of carboxylic acids is 1. The van der Waals surface area contributed by atoms with Gasteiger partial charge < -0.3 is 24.8 Å². The summed E-state index contributed by atoms with van der Waals surface area (Å²) >= 11 is 1.69. The molecular weight excluding hydrogens is 641 g/mol. The largest absolute Gasteiger partial charge is 0.496 e. The second-order valence-electron chi connectivity index (χ2n) is 14.4. The van der Waals surface area contributed by atoms with Crippen LogP contribution >= 0.6 is 11.3 Å². The van der Waals surface area contributed by atoms with Crippen LogP contribution in [0, 0.1) is 24.7 Å². The van der Waals surface area contributed by atoms with Gasteiger partial charge in [-0.05, 0) is 70.4 Å². The van der Waals surface area contributed by atoms with E-state index in [0.29, 0.717) is 43.2 Å². The minimum atomic E-state index is -1.33. The SMILES string of the molecule is COc1ccc2c(O[C@@H]3C[C@H]4C(=O)NC5(C(=O)O)C[C@H]5/C=C\CCCCN(C)C(=O)[C@@H]4C3)cc(-c3csc(C4CCCCC4)n3)nc2c1C. The maximum atomic E-state index is 13.9. The van der Waals surface area contributed by atoms with E-state index in [9.17, 15) is 19.5 Å². The first kappa shape index (κ1) is 33.5. The minimum Gasteiger partial charge on any atom is -0.496 e. The average molecular weight is 687 g/mol. The first-order chi connectivity index (χ1) is 23.7. The Bertz CT molecular complexity index is 1780. The van der Waals surface area contributed by atoms with Crippen LogP contribution in [0.4, 0.5) is 0 Å². The number of carbonyl (C=O) groups is 3. The molecule has 4 aliphatic rings. The summed E-state index contributed by atoms with van der Waals surface area (Å²) in [7, 11) is 3.43. The molecule has 3 fully saturated rings. The molecule has 11 heteroatoms. The molecule has 5 atom stereocenters. The molecule has 3 heterocycles. The summed E-state index contributed by atoms with van der Waals surface area (Å²) in [6.45, 7) is 2.58. The van der Waals surface area contributed by atoms with Crippen LogP contribution in [0.1, 0.15) is 87.1 Å². The predicted molar refractivity (Wildman–Crippen MR) is 188 cm³/mol. The number of allylic oxidation sites excluding steroid dienone is 1. The van der Waals surface area contributed by atoms with Gasteiger partial charge in [0.1, 0.15) is 23.1 Å². The van der Waals surface area contributed by atoms with Gasteiger partial charge in [0.2, 0.25) is 11.8 Å². The maximum absolute atomic E-state index is 13.9. The number of ether oxygens (including phenoxy) is 2. The molecule has 49 heavy (non-hydrogen) atoms. The van der Waals surface area contributed by atoms with E-state index < -0.39 is 35.4 Å². The van der Waals surface area contributed by atoms with Crippen molar-refractivity contribution < 1.29 is 29.0 Å². The minimum absolute atomic E-state index is 0.103. The zero-order valence-electron chi connectivity index (χ0n) is 28.6. The van der Waals surface area contributed by atoms with Gasteiger partial charge in [-0.3, -0.25) is 9.59 Å². The zero-order chi connectivity index (χ0) is 34.3. The summed E-state index contributed by atoms with van der Waals surface area (Å²) in [5.41, 5.74) is 1.82. The number of rotatable bonds is 6. The van der Waals surface area contributed by atoms with Gasteiger partial charge in [-0.1, -0.05) is 31.4 Å². The van der Waals surface area contributed by atoms with Crippen LogP contribution in [0.2, 0.25) is 0 Å². The number of aryl methyl sites for hydroxylation is 1. The van der Waals surface area contributed by atoms with Gasteiger partial charge in [0.25, 0.3) is 0 Å². The molecule has 7 rings (SSSR count). The predicted octanol–water partition coefficient (Wildman–Crippen LogP) is 6.65. The van der Waals surface area contributed by atoms with Gasteiger partial charge in [0.15, 0.2) is 0 Å². The van der Waals surface area contributed by atoms with Gasteiger partial charge >= 0.3 is 5.97 Å². The number of thiazole rings is 1. The summed E-state index contributed by atoms with van der Waals surface area (Å²) < 4.78 is 12.4. The molecule has 1 aliphatic heterocycles. The Labute approximate surface area is 291 Å². The number of aliphatic carboxylic acids is 1. The van der Waals surface area contributed by atoms with Crippen molar-refractivity contribution in [2.75, 3.05) is 20.7 Å². The van der Waals surface area contributed by atoms with Crippen LogP contribution in [0.3, 0.4) is 0 Å². The average Bonchev–Trinajstić information content (AvgIpc) is 3.40. The van der Waals surface area contributed by atoms with Gasteiger partial charge in [-0.2, -0.15) is 0 Å². The highest BCUT2D eigenvalue weighted by Crippen LogP contribution is 2.47. The highest BCUT2D eigenvalue weighted by Gasteiger charge is 2.61. The molecule has 2 N–H and O–H groups in total. The number of aromatic nitrogens is 2. The van der Waals surface area contributed by atoms with E-state index >= 15 is 0 Å². The molecule has 3 saturated carbocycles. The lowest BCUT2D eigenvalue weighted by Crippen LogP contribution is -2.49. The molecular formula is C38H46N4O6S. The summed E-state index contributed by atoms with van der Waals surface area (Å²) in [5.74, 6) is -1.31. The Kier molecular flexibility index (Phi) is 9.39. The van der Waals surface area contributed by atoms with Crippen LogP contribution < -0.4 is 14.8 Å². The summed E-state index contributed by atoms with van der Waals surface area (Å²) in [5, 5.41) is 17.0. The van der Waals surface area contributed by atoms with E-state index in [1.165, 1.54) is 32.1 Å². The van der Waals surface area contributed by atoms with E-state index in [1.54, 1.807) is 30.4 Å². The van der Waals surface area contributed by atoms with Gasteiger partial charge in [-0.25, -0.2) is 14.8 Å². The molecule has 0 radical (unpaired) electrons. The Morgan fingerprint density at radius 3 is 2.61 bits per heavy atom. The fourth-order valence-electron chi connectivity index (χ4n) is 8.14. The lowest BCUT2D eigenvalue weighted by Gasteiger charge is -2.26. The zero-order valence-corrected chi connectivity index (χ0v) is 29.4. The smallest absolute Gasteiger partial charge is 0.330 e. The second-order valence-corrected chi connectivity index (χ2v) is 15.3. The Morgan fingerprint density at radius 2 is 1.84 bits per heavy atom. The number of methoxy groups -OCH3 is 1. The Morgan fingerprint density at radius 1 is 1.04 bits per heavy atom. The summed E-state index contributed by atoms with van der Waals surface area (Å²) in [6, 6.07) is 5.77. The van der Waals surface area contributed by atoms with Crippen molar-refractivity contribution in [3.05, 3.63) is 46.3 Å². The third-order valence-corrected chi connectivity index (χ3v) is 12.2. The van der Waals surface area contributed by atoms with Crippen molar-refractivity contribution in [3.63, 3.8) is 0 Å². The van der Waals surface area contributed by atoms with Gasteiger partial charge in [0, 0.05) is 47.8 Å². The number of carboxylic acid groups (broad SMARTS) is 1. The summed E-state index contributed by atoms with van der Waals surface area (Å²) in [6.07, 6.45) is 13.1. The second kappa shape index (κ2) is 13.7. The standard InChI is InChI=1S/C38H46N4O6S/c1-22-31(47-3)15-14-26-32(19-29(39-33(22)26)30-21-49-35(40-30)23-11-7-6-8-12-23)48-25-17-27-28(18-25)36(44)42(2)16-10-5-4-9-13-24-20-38(24,37(45)46)41-34(27)43/h9,13-15,19,21,23-25,27-28H,4-8,10-12,16-18,20H2,1-3H3,(H,41,43)(H,45,46)/b13-9-/t24-,25-,27-,28-,38?/m1/s1. The molecule has 2 amide bonds. The number of nitrogens with one attached hydrogen (secondary N) is 1. The molecule has 3 aromatic rings. The highest BCUT2D eigenvalue weighted by molar-refractivity contribution is 7.10. The quantitative estimate of drug-likeness (QED) is 0.276. The van der Waals surface area contributed by atoms with Crippen LogP contribution in [-0.2, 0) is 14.4 Å². The van der Waals surface area contributed by atoms with Crippen molar-refractivity contribution in [3.8, 4) is 22.9 Å². The fourth-order valence-corrected chi connectivity index (χ4v) is 9.13. The number of pyridine rings is 1. The van der Waals surface area contributed by atoms with Crippen LogP contribution in [0.15, 0.2) is 35.7 Å². The number of amides is 2. The number of hydrogen-bond acceptors (Lipinski definition) is 8. The number of carbonyl (C=O) groups excluding carboxylic acids is 2. The topological polar surface area (TPSA) is 131 Å². The molecule has 0 saturated heterocycles. The molecule has 260 valence electrons. The first-order valence-electron chi connectivity index (χ1n) is 17.8. The van der Waals surface area contributed by atoms with Crippen molar-refractivity contribution in [2.45, 2.75) is 95.1 Å². The van der Waals surface area contributed by atoms with E-state index in [-0.39, 0.29) is 11.8 Å². The molecule has 0 bridgehead atoms. The van der Waals surface area contributed by atoms with Gasteiger partial charge in [0.05, 0.1) is 40.9 Å². The van der Waals surface area contributed by atoms with Crippen molar-refractivity contribution in [2.24, 2.45) is 17.8 Å². The van der Waals surface area contributed by atoms with E-state index in [1.807, 2.05) is 37.3 Å². The third kappa shape index (κ3) is 6.54. The van der Waals surface area contributed by atoms with Crippen LogP contribution in [0.5, 0.6) is 11.5 Å². The highest BCUT2D eigenvalue weighted by atomic mass is 32.1. The molecule has 1 aromatic carbocycles.